The molecule has 0 bridgehead atoms. The summed E-state index contributed by atoms with van der Waals surface area (Å²) in [7, 11) is 0. The lowest BCUT2D eigenvalue weighted by molar-refractivity contribution is 1.17. The maximum absolute atomic E-state index is 5.95. The number of benzene rings is 1. The topological polar surface area (TPSA) is 26.0 Å². The first-order valence-electron chi connectivity index (χ1n) is 4.61. The number of hydrogen-bond acceptors (Lipinski definition) is 2. The molecule has 0 saturated heterocycles. The Labute approximate surface area is 96.1 Å². The number of anilines is 1. The Morgan fingerprint density at radius 1 is 1.43 bits per heavy atom. The van der Waals surface area contributed by atoms with E-state index in [-0.39, 0.29) is 0 Å². The SMILES string of the molecule is CCc1csc2ccc(N)c(CBr)c12. The number of nitrogen functional groups attached to an aromatic ring is 1. The van der Waals surface area contributed by atoms with E-state index in [1.807, 2.05) is 6.07 Å². The second kappa shape index (κ2) is 3.91. The van der Waals surface area contributed by atoms with Gasteiger partial charge < -0.3 is 5.73 Å². The summed E-state index contributed by atoms with van der Waals surface area (Å²) >= 11 is 5.30. The lowest BCUT2D eigenvalue weighted by Gasteiger charge is -2.05. The van der Waals surface area contributed by atoms with Gasteiger partial charge in [0.15, 0.2) is 0 Å². The number of aryl methyl sites for hydroxylation is 1. The highest BCUT2D eigenvalue weighted by Gasteiger charge is 2.09. The Bertz CT molecular complexity index is 462. The summed E-state index contributed by atoms with van der Waals surface area (Å²) in [5.74, 6) is 0. The first kappa shape index (κ1) is 9.99. The van der Waals surface area contributed by atoms with Crippen molar-refractivity contribution in [1.29, 1.82) is 0 Å². The highest BCUT2D eigenvalue weighted by atomic mass is 79.9. The van der Waals surface area contributed by atoms with Gasteiger partial charge in [0.1, 0.15) is 0 Å². The van der Waals surface area contributed by atoms with E-state index < -0.39 is 0 Å². The molecule has 14 heavy (non-hydrogen) atoms. The van der Waals surface area contributed by atoms with Crippen LogP contribution in [0.5, 0.6) is 0 Å². The van der Waals surface area contributed by atoms with E-state index in [9.17, 15) is 0 Å². The molecule has 2 N–H and O–H groups in total. The molecule has 0 unspecified atom stereocenters. The van der Waals surface area contributed by atoms with Crippen molar-refractivity contribution in [1.82, 2.24) is 0 Å². The minimum Gasteiger partial charge on any atom is -0.398 e. The van der Waals surface area contributed by atoms with Crippen LogP contribution in [0.1, 0.15) is 18.1 Å². The Hall–Kier alpha value is -0.540. The summed E-state index contributed by atoms with van der Waals surface area (Å²) in [5, 5.41) is 4.42. The molecule has 0 radical (unpaired) electrons. The zero-order valence-electron chi connectivity index (χ0n) is 8.01. The maximum Gasteiger partial charge on any atom is 0.0362 e. The van der Waals surface area contributed by atoms with E-state index in [1.165, 1.54) is 21.2 Å². The third-order valence-electron chi connectivity index (χ3n) is 2.47. The van der Waals surface area contributed by atoms with Gasteiger partial charge in [0.25, 0.3) is 0 Å². The minimum absolute atomic E-state index is 0.833. The number of thiophene rings is 1. The molecule has 74 valence electrons. The summed E-state index contributed by atoms with van der Waals surface area (Å²) in [6, 6.07) is 4.11. The summed E-state index contributed by atoms with van der Waals surface area (Å²) in [5.41, 5.74) is 9.49. The first-order valence-corrected chi connectivity index (χ1v) is 6.61. The number of alkyl halides is 1. The summed E-state index contributed by atoms with van der Waals surface area (Å²) in [6.07, 6.45) is 1.07. The third kappa shape index (κ3) is 1.44. The number of nitrogens with two attached hydrogens (primary N) is 1. The molecular weight excluding hydrogens is 258 g/mol. The number of halogens is 1. The van der Waals surface area contributed by atoms with Crippen LogP contribution in [-0.2, 0) is 11.8 Å². The Balaban J connectivity index is 2.81. The van der Waals surface area contributed by atoms with Gasteiger partial charge in [0, 0.05) is 21.1 Å². The smallest absolute Gasteiger partial charge is 0.0362 e. The van der Waals surface area contributed by atoms with Gasteiger partial charge in [-0.1, -0.05) is 22.9 Å². The molecule has 0 aliphatic heterocycles. The molecule has 0 amide bonds. The van der Waals surface area contributed by atoms with Gasteiger partial charge in [-0.15, -0.1) is 11.3 Å². The standard InChI is InChI=1S/C11H12BrNS/c1-2-7-6-14-10-4-3-9(13)8(5-12)11(7)10/h3-4,6H,2,5,13H2,1H3. The number of hydrogen-bond donors (Lipinski definition) is 1. The Morgan fingerprint density at radius 2 is 2.21 bits per heavy atom. The number of fused-ring (bicyclic) bond motifs is 1. The van der Waals surface area contributed by atoms with E-state index in [2.05, 4.69) is 34.3 Å². The van der Waals surface area contributed by atoms with E-state index in [1.54, 1.807) is 11.3 Å². The Kier molecular flexibility index (Phi) is 2.79. The molecule has 1 aromatic heterocycles. The average molecular weight is 270 g/mol. The lowest BCUT2D eigenvalue weighted by atomic mass is 10.0. The fraction of sp³-hybridized carbons (Fsp3) is 0.273. The first-order chi connectivity index (χ1) is 6.77. The normalized spacial score (nSPS) is 11.0. The summed E-state index contributed by atoms with van der Waals surface area (Å²) in [6.45, 7) is 2.18. The molecular formula is C11H12BrNS. The highest BCUT2D eigenvalue weighted by Crippen LogP contribution is 2.33. The lowest BCUT2D eigenvalue weighted by Crippen LogP contribution is -1.93. The molecule has 0 atom stereocenters. The van der Waals surface area contributed by atoms with Crippen molar-refractivity contribution in [3.05, 3.63) is 28.6 Å². The Morgan fingerprint density at radius 3 is 2.86 bits per heavy atom. The zero-order chi connectivity index (χ0) is 10.1. The molecule has 3 heteroatoms. The highest BCUT2D eigenvalue weighted by molar-refractivity contribution is 9.08. The largest absolute Gasteiger partial charge is 0.398 e. The van der Waals surface area contributed by atoms with Gasteiger partial charge in [-0.25, -0.2) is 0 Å². The number of rotatable bonds is 2. The molecule has 1 aromatic carbocycles. The van der Waals surface area contributed by atoms with Crippen LogP contribution in [0.3, 0.4) is 0 Å². The van der Waals surface area contributed by atoms with Crippen LogP contribution in [0.15, 0.2) is 17.5 Å². The van der Waals surface area contributed by atoms with Crippen LogP contribution in [-0.4, -0.2) is 0 Å². The van der Waals surface area contributed by atoms with Crippen LogP contribution in [0.4, 0.5) is 5.69 Å². The van der Waals surface area contributed by atoms with Crippen molar-refractivity contribution in [2.45, 2.75) is 18.7 Å². The molecule has 2 rings (SSSR count). The third-order valence-corrected chi connectivity index (χ3v) is 4.03. The molecule has 2 aromatic rings. The predicted molar refractivity (Wildman–Crippen MR) is 68.2 cm³/mol. The van der Waals surface area contributed by atoms with Crippen LogP contribution in [0.2, 0.25) is 0 Å². The molecule has 0 spiro atoms. The van der Waals surface area contributed by atoms with Crippen LogP contribution < -0.4 is 5.73 Å². The van der Waals surface area contributed by atoms with Gasteiger partial charge >= 0.3 is 0 Å². The molecule has 0 aliphatic rings. The molecule has 0 saturated carbocycles. The average Bonchev–Trinajstić information content (AvgIpc) is 2.61. The van der Waals surface area contributed by atoms with Gasteiger partial charge in [0.2, 0.25) is 0 Å². The zero-order valence-corrected chi connectivity index (χ0v) is 10.4. The minimum atomic E-state index is 0.833. The van der Waals surface area contributed by atoms with Gasteiger partial charge in [0.05, 0.1) is 0 Å². The van der Waals surface area contributed by atoms with Gasteiger partial charge in [-0.2, -0.15) is 0 Å². The van der Waals surface area contributed by atoms with Crippen LogP contribution in [0, 0.1) is 0 Å². The molecule has 0 fully saturated rings. The monoisotopic (exact) mass is 269 g/mol. The van der Waals surface area contributed by atoms with E-state index >= 15 is 0 Å². The van der Waals surface area contributed by atoms with Gasteiger partial charge in [-0.05, 0) is 35.1 Å². The van der Waals surface area contributed by atoms with E-state index in [0.29, 0.717) is 0 Å². The van der Waals surface area contributed by atoms with Crippen molar-refractivity contribution in [3.63, 3.8) is 0 Å². The van der Waals surface area contributed by atoms with E-state index in [0.717, 1.165) is 17.4 Å². The van der Waals surface area contributed by atoms with Crippen molar-refractivity contribution in [2.24, 2.45) is 0 Å². The molecule has 0 aliphatic carbocycles. The summed E-state index contributed by atoms with van der Waals surface area (Å²) in [4.78, 5) is 0. The van der Waals surface area contributed by atoms with Crippen molar-refractivity contribution in [3.8, 4) is 0 Å². The van der Waals surface area contributed by atoms with Crippen molar-refractivity contribution in [2.75, 3.05) is 5.73 Å². The van der Waals surface area contributed by atoms with Crippen LogP contribution in [0.25, 0.3) is 10.1 Å². The fourth-order valence-electron chi connectivity index (χ4n) is 1.69. The molecule has 1 nitrogen and oxygen atoms in total. The van der Waals surface area contributed by atoms with Gasteiger partial charge in [-0.3, -0.25) is 0 Å². The molecule has 1 heterocycles. The second-order valence-corrected chi connectivity index (χ2v) is 4.73. The summed E-state index contributed by atoms with van der Waals surface area (Å²) < 4.78 is 1.34. The van der Waals surface area contributed by atoms with E-state index in [4.69, 9.17) is 5.73 Å². The maximum atomic E-state index is 5.95. The van der Waals surface area contributed by atoms with Crippen LogP contribution >= 0.6 is 27.3 Å². The predicted octanol–water partition coefficient (Wildman–Crippen LogP) is 3.94. The fourth-order valence-corrected chi connectivity index (χ4v) is 3.37. The van der Waals surface area contributed by atoms with Crippen molar-refractivity contribution < 1.29 is 0 Å². The van der Waals surface area contributed by atoms with Crippen molar-refractivity contribution >= 4 is 43.0 Å². The second-order valence-electron chi connectivity index (χ2n) is 3.25. The quantitative estimate of drug-likeness (QED) is 0.649.